The maximum Gasteiger partial charge on any atom is 0.325 e. The van der Waals surface area contributed by atoms with Gasteiger partial charge in [-0.05, 0) is 30.9 Å². The number of amides is 4. The molecule has 9 heteroatoms. The number of nitrogens with two attached hydrogens (primary N) is 1. The highest BCUT2D eigenvalue weighted by molar-refractivity contribution is 6.10. The van der Waals surface area contributed by atoms with Gasteiger partial charge in [-0.25, -0.2) is 4.79 Å². The number of urea groups is 1. The van der Waals surface area contributed by atoms with Crippen LogP contribution >= 0.6 is 12.4 Å². The Morgan fingerprint density at radius 1 is 1.41 bits per heavy atom. The minimum atomic E-state index is -0.870. The first kappa shape index (κ1) is 20.8. The number of nitrogen functional groups attached to an aromatic ring is 1. The van der Waals surface area contributed by atoms with E-state index in [1.54, 1.807) is 18.2 Å². The Morgan fingerprint density at radius 2 is 2.15 bits per heavy atom. The minimum Gasteiger partial charge on any atom is -0.497 e. The molecule has 2 unspecified atom stereocenters. The van der Waals surface area contributed by atoms with Gasteiger partial charge in [0.05, 0.1) is 18.5 Å². The number of ether oxygens (including phenoxy) is 1. The fourth-order valence-electron chi connectivity index (χ4n) is 3.74. The average molecular weight is 397 g/mol. The van der Waals surface area contributed by atoms with E-state index >= 15 is 0 Å². The zero-order valence-corrected chi connectivity index (χ0v) is 16.2. The highest BCUT2D eigenvalue weighted by atomic mass is 35.5. The minimum absolute atomic E-state index is 0. The SMILES string of the molecule is COc1ccc(N)c(NC(=O)CN2C(=O)NC3(CCCCC3C)C2=O)c1.Cl. The Morgan fingerprint density at radius 3 is 2.81 bits per heavy atom. The molecule has 1 aliphatic heterocycles. The molecule has 4 amide bonds. The summed E-state index contributed by atoms with van der Waals surface area (Å²) in [5, 5.41) is 5.47. The first-order chi connectivity index (χ1) is 12.4. The molecular weight excluding hydrogens is 372 g/mol. The molecule has 0 radical (unpaired) electrons. The van der Waals surface area contributed by atoms with Crippen molar-refractivity contribution in [2.24, 2.45) is 5.92 Å². The van der Waals surface area contributed by atoms with Crippen LogP contribution in [-0.4, -0.2) is 41.9 Å². The van der Waals surface area contributed by atoms with E-state index in [2.05, 4.69) is 10.6 Å². The van der Waals surface area contributed by atoms with Gasteiger partial charge >= 0.3 is 6.03 Å². The monoisotopic (exact) mass is 396 g/mol. The zero-order chi connectivity index (χ0) is 18.9. The Labute approximate surface area is 164 Å². The lowest BCUT2D eigenvalue weighted by molar-refractivity contribution is -0.136. The molecule has 3 rings (SSSR count). The molecule has 2 aliphatic rings. The van der Waals surface area contributed by atoms with Gasteiger partial charge in [0.2, 0.25) is 5.91 Å². The number of nitrogens with zero attached hydrogens (tertiary/aromatic N) is 1. The number of imide groups is 1. The smallest absolute Gasteiger partial charge is 0.325 e. The molecule has 2 fully saturated rings. The summed E-state index contributed by atoms with van der Waals surface area (Å²) in [5.41, 5.74) is 5.73. The van der Waals surface area contributed by atoms with Crippen molar-refractivity contribution in [3.63, 3.8) is 0 Å². The van der Waals surface area contributed by atoms with Gasteiger partial charge in [0, 0.05) is 6.07 Å². The molecule has 1 saturated heterocycles. The van der Waals surface area contributed by atoms with Gasteiger partial charge in [0.15, 0.2) is 0 Å². The maximum atomic E-state index is 12.9. The molecule has 1 aromatic rings. The molecule has 0 bridgehead atoms. The summed E-state index contributed by atoms with van der Waals surface area (Å²) < 4.78 is 5.11. The summed E-state index contributed by atoms with van der Waals surface area (Å²) in [6.07, 6.45) is 3.42. The van der Waals surface area contributed by atoms with Crippen LogP contribution in [0.3, 0.4) is 0 Å². The predicted octanol–water partition coefficient (Wildman–Crippen LogP) is 2.14. The molecule has 2 atom stereocenters. The van der Waals surface area contributed by atoms with Crippen molar-refractivity contribution in [3.8, 4) is 5.75 Å². The van der Waals surface area contributed by atoms with Gasteiger partial charge in [-0.2, -0.15) is 0 Å². The lowest BCUT2D eigenvalue weighted by Crippen LogP contribution is -2.54. The van der Waals surface area contributed by atoms with E-state index < -0.39 is 17.5 Å². The summed E-state index contributed by atoms with van der Waals surface area (Å²) in [6.45, 7) is 1.62. The summed E-state index contributed by atoms with van der Waals surface area (Å²) >= 11 is 0. The van der Waals surface area contributed by atoms with Gasteiger partial charge in [0.1, 0.15) is 17.8 Å². The van der Waals surface area contributed by atoms with Gasteiger partial charge in [-0.3, -0.25) is 14.5 Å². The van der Waals surface area contributed by atoms with E-state index in [0.717, 1.165) is 24.2 Å². The Kier molecular flexibility index (Phi) is 6.20. The van der Waals surface area contributed by atoms with Crippen LogP contribution in [0.25, 0.3) is 0 Å². The second kappa shape index (κ2) is 8.04. The number of nitrogens with one attached hydrogen (secondary N) is 2. The van der Waals surface area contributed by atoms with E-state index in [9.17, 15) is 14.4 Å². The van der Waals surface area contributed by atoms with Crippen molar-refractivity contribution in [2.75, 3.05) is 24.7 Å². The summed E-state index contributed by atoms with van der Waals surface area (Å²) in [7, 11) is 1.51. The number of carbonyl (C=O) groups excluding carboxylic acids is 3. The number of methoxy groups -OCH3 is 1. The number of halogens is 1. The first-order valence-corrected chi connectivity index (χ1v) is 8.75. The van der Waals surface area contributed by atoms with Crippen molar-refractivity contribution in [1.29, 1.82) is 0 Å². The van der Waals surface area contributed by atoms with Crippen LogP contribution in [0.4, 0.5) is 16.2 Å². The zero-order valence-electron chi connectivity index (χ0n) is 15.4. The number of carbonyl (C=O) groups is 3. The van der Waals surface area contributed by atoms with Crippen LogP contribution in [0.2, 0.25) is 0 Å². The second-order valence-corrected chi connectivity index (χ2v) is 6.94. The quantitative estimate of drug-likeness (QED) is 0.533. The predicted molar refractivity (Wildman–Crippen MR) is 104 cm³/mol. The van der Waals surface area contributed by atoms with E-state index in [0.29, 0.717) is 23.5 Å². The number of hydrogen-bond donors (Lipinski definition) is 3. The number of benzene rings is 1. The summed E-state index contributed by atoms with van der Waals surface area (Å²) in [6, 6.07) is 4.36. The van der Waals surface area contributed by atoms with Gasteiger partial charge < -0.3 is 21.1 Å². The van der Waals surface area contributed by atoms with Crippen molar-refractivity contribution in [3.05, 3.63) is 18.2 Å². The molecule has 148 valence electrons. The summed E-state index contributed by atoms with van der Waals surface area (Å²) in [4.78, 5) is 38.6. The van der Waals surface area contributed by atoms with Crippen LogP contribution < -0.4 is 21.1 Å². The summed E-state index contributed by atoms with van der Waals surface area (Å²) in [5.74, 6) is -0.216. The Balaban J connectivity index is 0.00000261. The number of rotatable bonds is 4. The van der Waals surface area contributed by atoms with Crippen molar-refractivity contribution < 1.29 is 19.1 Å². The van der Waals surface area contributed by atoms with Crippen molar-refractivity contribution in [2.45, 2.75) is 38.1 Å². The fraction of sp³-hybridized carbons (Fsp3) is 0.500. The van der Waals surface area contributed by atoms with Gasteiger partial charge in [-0.1, -0.05) is 19.8 Å². The highest BCUT2D eigenvalue weighted by Gasteiger charge is 2.55. The van der Waals surface area contributed by atoms with E-state index in [1.807, 2.05) is 6.92 Å². The van der Waals surface area contributed by atoms with Crippen LogP contribution in [0, 0.1) is 5.92 Å². The first-order valence-electron chi connectivity index (χ1n) is 8.75. The van der Waals surface area contributed by atoms with Crippen molar-refractivity contribution in [1.82, 2.24) is 10.2 Å². The molecular formula is C18H25ClN4O4. The topological polar surface area (TPSA) is 114 Å². The average Bonchev–Trinajstić information content (AvgIpc) is 2.84. The van der Waals surface area contributed by atoms with E-state index in [-0.39, 0.29) is 30.8 Å². The second-order valence-electron chi connectivity index (χ2n) is 6.94. The lowest BCUT2D eigenvalue weighted by atomic mass is 9.73. The van der Waals surface area contributed by atoms with Gasteiger partial charge in [0.25, 0.3) is 5.91 Å². The number of hydrogen-bond acceptors (Lipinski definition) is 5. The molecule has 1 spiro atoms. The van der Waals surface area contributed by atoms with Crippen LogP contribution in [0.1, 0.15) is 32.6 Å². The van der Waals surface area contributed by atoms with E-state index in [1.165, 1.54) is 7.11 Å². The number of anilines is 2. The molecule has 8 nitrogen and oxygen atoms in total. The van der Waals surface area contributed by atoms with Crippen molar-refractivity contribution >= 4 is 41.6 Å². The molecule has 4 N–H and O–H groups in total. The molecule has 1 saturated carbocycles. The lowest BCUT2D eigenvalue weighted by Gasteiger charge is -2.36. The third kappa shape index (κ3) is 3.80. The van der Waals surface area contributed by atoms with Crippen LogP contribution in [-0.2, 0) is 9.59 Å². The molecule has 1 heterocycles. The molecule has 1 aliphatic carbocycles. The standard InChI is InChI=1S/C18H24N4O4.ClH/c1-11-5-3-4-8-18(11)16(24)22(17(25)21-18)10-15(23)20-14-9-12(26-2)6-7-13(14)19;/h6-7,9,11H,3-5,8,10,19H2,1-2H3,(H,20,23)(H,21,25);1H. The fourth-order valence-corrected chi connectivity index (χ4v) is 3.74. The molecule has 27 heavy (non-hydrogen) atoms. The largest absolute Gasteiger partial charge is 0.497 e. The Hall–Kier alpha value is -2.48. The third-order valence-corrected chi connectivity index (χ3v) is 5.34. The normalized spacial score (nSPS) is 24.4. The maximum absolute atomic E-state index is 12.9. The van der Waals surface area contributed by atoms with Gasteiger partial charge in [-0.15, -0.1) is 12.4 Å². The van der Waals surface area contributed by atoms with Crippen LogP contribution in [0.5, 0.6) is 5.75 Å². The van der Waals surface area contributed by atoms with E-state index in [4.69, 9.17) is 10.5 Å². The molecule has 0 aromatic heterocycles. The highest BCUT2D eigenvalue weighted by Crippen LogP contribution is 2.38. The Bertz CT molecular complexity index is 757. The molecule has 1 aromatic carbocycles. The van der Waals surface area contributed by atoms with Crippen LogP contribution in [0.15, 0.2) is 18.2 Å². The third-order valence-electron chi connectivity index (χ3n) is 5.34.